The molecular formula is C13H20BNO3. The maximum atomic E-state index is 6.02. The second kappa shape index (κ2) is 4.25. The van der Waals surface area contributed by atoms with Crippen molar-refractivity contribution in [3.63, 3.8) is 0 Å². The summed E-state index contributed by atoms with van der Waals surface area (Å²) in [4.78, 5) is 4.22. The topological polar surface area (TPSA) is 40.6 Å². The Balaban J connectivity index is 2.37. The molecule has 1 aromatic heterocycles. The van der Waals surface area contributed by atoms with E-state index in [1.54, 1.807) is 13.3 Å². The van der Waals surface area contributed by atoms with E-state index in [1.165, 1.54) is 0 Å². The van der Waals surface area contributed by atoms with Gasteiger partial charge in [-0.25, -0.2) is 0 Å². The van der Waals surface area contributed by atoms with E-state index < -0.39 is 7.12 Å². The van der Waals surface area contributed by atoms with Gasteiger partial charge in [0.1, 0.15) is 5.75 Å². The summed E-state index contributed by atoms with van der Waals surface area (Å²) in [5.74, 6) is 0.694. The summed E-state index contributed by atoms with van der Waals surface area (Å²) >= 11 is 0. The summed E-state index contributed by atoms with van der Waals surface area (Å²) in [6.45, 7) is 10.1. The molecule has 0 spiro atoms. The minimum Gasteiger partial charge on any atom is -0.496 e. The van der Waals surface area contributed by atoms with Gasteiger partial charge in [-0.1, -0.05) is 0 Å². The van der Waals surface area contributed by atoms with Gasteiger partial charge in [-0.15, -0.1) is 0 Å². The van der Waals surface area contributed by atoms with Crippen molar-refractivity contribution in [2.24, 2.45) is 0 Å². The SMILES string of the molecule is COc1cnc(C)cc1B1OC(C)(C)C(C)(C)O1. The van der Waals surface area contributed by atoms with Crippen LogP contribution in [0.4, 0.5) is 0 Å². The lowest BCUT2D eigenvalue weighted by molar-refractivity contribution is 0.00578. The maximum Gasteiger partial charge on any atom is 0.498 e. The highest BCUT2D eigenvalue weighted by Gasteiger charge is 2.52. The van der Waals surface area contributed by atoms with Crippen LogP contribution in [0.2, 0.25) is 0 Å². The first kappa shape index (κ1) is 13.4. The molecule has 0 bridgehead atoms. The smallest absolute Gasteiger partial charge is 0.496 e. The lowest BCUT2D eigenvalue weighted by atomic mass is 9.78. The van der Waals surface area contributed by atoms with Crippen molar-refractivity contribution in [2.75, 3.05) is 7.11 Å². The fourth-order valence-corrected chi connectivity index (χ4v) is 1.89. The molecule has 18 heavy (non-hydrogen) atoms. The average molecular weight is 249 g/mol. The Bertz CT molecular complexity index is 444. The van der Waals surface area contributed by atoms with Crippen molar-refractivity contribution in [3.05, 3.63) is 18.0 Å². The van der Waals surface area contributed by atoms with Crippen LogP contribution < -0.4 is 10.2 Å². The molecule has 0 atom stereocenters. The Hall–Kier alpha value is -1.07. The van der Waals surface area contributed by atoms with Crippen LogP contribution in [0.1, 0.15) is 33.4 Å². The van der Waals surface area contributed by atoms with E-state index >= 15 is 0 Å². The number of ether oxygens (including phenoxy) is 1. The molecule has 1 aromatic rings. The number of hydrogen-bond acceptors (Lipinski definition) is 4. The Morgan fingerprint density at radius 1 is 1.17 bits per heavy atom. The number of aromatic nitrogens is 1. The van der Waals surface area contributed by atoms with Crippen LogP contribution in [0, 0.1) is 6.92 Å². The number of rotatable bonds is 2. The van der Waals surface area contributed by atoms with E-state index in [0.717, 1.165) is 11.2 Å². The molecule has 0 saturated carbocycles. The summed E-state index contributed by atoms with van der Waals surface area (Å²) in [5.41, 5.74) is 1.11. The van der Waals surface area contributed by atoms with Gasteiger partial charge in [0.05, 0.1) is 24.5 Å². The first-order valence-corrected chi connectivity index (χ1v) is 6.13. The van der Waals surface area contributed by atoms with Crippen LogP contribution in [0.3, 0.4) is 0 Å². The third-order valence-electron chi connectivity index (χ3n) is 3.76. The van der Waals surface area contributed by atoms with Crippen LogP contribution in [-0.2, 0) is 9.31 Å². The molecule has 2 rings (SSSR count). The maximum absolute atomic E-state index is 6.02. The van der Waals surface area contributed by atoms with Crippen molar-refractivity contribution >= 4 is 12.6 Å². The van der Waals surface area contributed by atoms with Gasteiger partial charge in [0.2, 0.25) is 0 Å². The van der Waals surface area contributed by atoms with Crippen LogP contribution >= 0.6 is 0 Å². The number of pyridine rings is 1. The first-order chi connectivity index (χ1) is 8.27. The highest BCUT2D eigenvalue weighted by molar-refractivity contribution is 6.63. The standard InChI is InChI=1S/C13H20BNO3/c1-9-7-10(11(16-6)8-15-9)14-17-12(2,3)13(4,5)18-14/h7-8H,1-6H3. The van der Waals surface area contributed by atoms with Gasteiger partial charge in [0.15, 0.2) is 0 Å². The third kappa shape index (κ3) is 2.13. The quantitative estimate of drug-likeness (QED) is 0.748. The lowest BCUT2D eigenvalue weighted by Crippen LogP contribution is -2.41. The molecule has 0 N–H and O–H groups in total. The third-order valence-corrected chi connectivity index (χ3v) is 3.76. The van der Waals surface area contributed by atoms with Crippen LogP contribution in [0.25, 0.3) is 0 Å². The molecule has 0 radical (unpaired) electrons. The van der Waals surface area contributed by atoms with Gasteiger partial charge in [0, 0.05) is 11.2 Å². The van der Waals surface area contributed by atoms with Crippen LogP contribution in [0.5, 0.6) is 5.75 Å². The molecule has 0 aromatic carbocycles. The second-order valence-corrected chi connectivity index (χ2v) is 5.66. The summed E-state index contributed by atoms with van der Waals surface area (Å²) in [6.07, 6.45) is 1.70. The summed E-state index contributed by atoms with van der Waals surface area (Å²) in [6, 6.07) is 1.95. The van der Waals surface area contributed by atoms with Gasteiger partial charge >= 0.3 is 7.12 Å². The average Bonchev–Trinajstić information content (AvgIpc) is 2.48. The zero-order valence-electron chi connectivity index (χ0n) is 11.9. The molecule has 1 aliphatic rings. The zero-order chi connectivity index (χ0) is 13.6. The molecule has 0 aliphatic carbocycles. The van der Waals surface area contributed by atoms with Gasteiger partial charge in [0.25, 0.3) is 0 Å². The molecular weight excluding hydrogens is 229 g/mol. The predicted molar refractivity (Wildman–Crippen MR) is 71.2 cm³/mol. The largest absolute Gasteiger partial charge is 0.498 e. The molecule has 0 amide bonds. The van der Waals surface area contributed by atoms with Crippen molar-refractivity contribution in [1.82, 2.24) is 4.98 Å². The Morgan fingerprint density at radius 3 is 2.22 bits per heavy atom. The Kier molecular flexibility index (Phi) is 3.15. The van der Waals surface area contributed by atoms with Crippen molar-refractivity contribution in [2.45, 2.75) is 45.8 Å². The summed E-state index contributed by atoms with van der Waals surface area (Å²) in [7, 11) is 1.22. The van der Waals surface area contributed by atoms with E-state index in [-0.39, 0.29) is 11.2 Å². The normalized spacial score (nSPS) is 21.1. The zero-order valence-corrected chi connectivity index (χ0v) is 11.9. The van der Waals surface area contributed by atoms with Crippen molar-refractivity contribution < 1.29 is 14.0 Å². The molecule has 1 aliphatic heterocycles. The number of aryl methyl sites for hydroxylation is 1. The highest BCUT2D eigenvalue weighted by Crippen LogP contribution is 2.37. The number of nitrogens with zero attached hydrogens (tertiary/aromatic N) is 1. The molecule has 1 saturated heterocycles. The monoisotopic (exact) mass is 249 g/mol. The fourth-order valence-electron chi connectivity index (χ4n) is 1.89. The first-order valence-electron chi connectivity index (χ1n) is 6.13. The summed E-state index contributed by atoms with van der Waals surface area (Å²) < 4.78 is 17.4. The van der Waals surface area contributed by atoms with E-state index in [1.807, 2.05) is 40.7 Å². The molecule has 1 fully saturated rings. The molecule has 4 nitrogen and oxygen atoms in total. The second-order valence-electron chi connectivity index (χ2n) is 5.66. The van der Waals surface area contributed by atoms with Crippen molar-refractivity contribution in [1.29, 1.82) is 0 Å². The minimum absolute atomic E-state index is 0.347. The lowest BCUT2D eigenvalue weighted by Gasteiger charge is -2.32. The molecule has 2 heterocycles. The molecule has 98 valence electrons. The van der Waals surface area contributed by atoms with Crippen LogP contribution in [-0.4, -0.2) is 30.4 Å². The van der Waals surface area contributed by atoms with Crippen molar-refractivity contribution in [3.8, 4) is 5.75 Å². The Morgan fingerprint density at radius 2 is 1.72 bits per heavy atom. The summed E-state index contributed by atoms with van der Waals surface area (Å²) in [5, 5.41) is 0. The van der Waals surface area contributed by atoms with E-state index in [2.05, 4.69) is 4.98 Å². The minimum atomic E-state index is -0.411. The highest BCUT2D eigenvalue weighted by atomic mass is 16.7. The fraction of sp³-hybridized carbons (Fsp3) is 0.615. The van der Waals surface area contributed by atoms with Gasteiger partial charge < -0.3 is 14.0 Å². The Labute approximate surface area is 109 Å². The molecule has 5 heteroatoms. The molecule has 0 unspecified atom stereocenters. The predicted octanol–water partition coefficient (Wildman–Crippen LogP) is 1.70. The van der Waals surface area contributed by atoms with E-state index in [0.29, 0.717) is 5.75 Å². The van der Waals surface area contributed by atoms with Gasteiger partial charge in [-0.2, -0.15) is 0 Å². The van der Waals surface area contributed by atoms with Gasteiger partial charge in [-0.3, -0.25) is 4.98 Å². The van der Waals surface area contributed by atoms with E-state index in [4.69, 9.17) is 14.0 Å². The number of hydrogen-bond donors (Lipinski definition) is 0. The van der Waals surface area contributed by atoms with E-state index in [9.17, 15) is 0 Å². The number of methoxy groups -OCH3 is 1. The van der Waals surface area contributed by atoms with Gasteiger partial charge in [-0.05, 0) is 40.7 Å². The van der Waals surface area contributed by atoms with Crippen LogP contribution in [0.15, 0.2) is 12.3 Å².